The van der Waals surface area contributed by atoms with Gasteiger partial charge in [0.2, 0.25) is 0 Å². The van der Waals surface area contributed by atoms with Gasteiger partial charge in [0.1, 0.15) is 0 Å². The van der Waals surface area contributed by atoms with Gasteiger partial charge in [-0.05, 0) is 0 Å². The van der Waals surface area contributed by atoms with Crippen molar-refractivity contribution in [1.82, 2.24) is 0 Å². The van der Waals surface area contributed by atoms with E-state index >= 15 is 0 Å². The van der Waals surface area contributed by atoms with E-state index in [1.807, 2.05) is 0 Å². The van der Waals surface area contributed by atoms with Crippen molar-refractivity contribution >= 4 is 0 Å². The van der Waals surface area contributed by atoms with Gasteiger partial charge in [0, 0.05) is 164 Å². The van der Waals surface area contributed by atoms with Crippen LogP contribution in [0.25, 0.3) is 0 Å². The molecule has 0 rings (SSSR count). The van der Waals surface area contributed by atoms with E-state index in [2.05, 4.69) is 6.92 Å². The zero-order valence-corrected chi connectivity index (χ0v) is 19.8. The van der Waals surface area contributed by atoms with Gasteiger partial charge in [-0.3, -0.25) is 0 Å². The molecule has 0 aliphatic carbocycles. The third-order valence-corrected chi connectivity index (χ3v) is 0. The van der Waals surface area contributed by atoms with Crippen molar-refractivity contribution in [3.05, 3.63) is 14.4 Å². The Labute approximate surface area is 179 Å². The molecule has 5 heteroatoms. The zero-order valence-electron chi connectivity index (χ0n) is 5.59. The molecule has 0 spiro atoms. The first-order valence-corrected chi connectivity index (χ1v) is 0.707. The number of hydrogen-bond acceptors (Lipinski definition) is 0. The fourth-order valence-corrected chi connectivity index (χ4v) is 0. The van der Waals surface area contributed by atoms with Crippen molar-refractivity contribution in [2.24, 2.45) is 0 Å². The molecule has 0 N–H and O–H groups in total. The molecule has 0 aliphatic rings. The standard InChI is InChI=1S/C2H5.CH3.5Y/c1-2;;;;;;/h1H2,2H3;1H3;;;;;/q2*-1;;;;;. The average molecular weight is 489 g/mol. The Kier molecular flexibility index (Phi) is 340. The largest absolute Gasteiger partial charge is 0.358 e. The van der Waals surface area contributed by atoms with Crippen LogP contribution in [0.5, 0.6) is 0 Å². The summed E-state index contributed by atoms with van der Waals surface area (Å²) in [4.78, 5) is 0. The van der Waals surface area contributed by atoms with Crippen LogP contribution in [0, 0.1) is 14.4 Å². The smallest absolute Gasteiger partial charge is 0 e. The van der Waals surface area contributed by atoms with Crippen LogP contribution in [0.2, 0.25) is 0 Å². The zero-order chi connectivity index (χ0) is 2.00. The van der Waals surface area contributed by atoms with Crippen molar-refractivity contribution in [2.45, 2.75) is 6.92 Å². The molecule has 0 aliphatic heterocycles. The summed E-state index contributed by atoms with van der Waals surface area (Å²) in [7, 11) is 0. The molecule has 0 fully saturated rings. The minimum Gasteiger partial charge on any atom is -0.358 e. The monoisotopic (exact) mass is 489 g/mol. The number of rotatable bonds is 0. The van der Waals surface area contributed by atoms with E-state index in [1.54, 1.807) is 6.92 Å². The summed E-state index contributed by atoms with van der Waals surface area (Å²) in [5.74, 6) is 0. The maximum atomic E-state index is 3.25. The van der Waals surface area contributed by atoms with E-state index in [-0.39, 0.29) is 171 Å². The predicted molar refractivity (Wildman–Crippen MR) is 17.4 cm³/mol. The Morgan fingerprint density at radius 2 is 0.625 bits per heavy atom. The Bertz CT molecular complexity index is 7.64. The van der Waals surface area contributed by atoms with Crippen LogP contribution in [0.15, 0.2) is 0 Å². The van der Waals surface area contributed by atoms with Gasteiger partial charge >= 0.3 is 0 Å². The SMILES string of the molecule is [CH2-]C.[CH3-].[Y].[Y].[Y].[Y].[Y]. The molecule has 0 saturated heterocycles. The molecule has 37 valence electrons. The van der Waals surface area contributed by atoms with E-state index in [0.717, 1.165) is 0 Å². The second kappa shape index (κ2) is 54.5. The second-order valence-electron chi connectivity index (χ2n) is 0. The third kappa shape index (κ3) is 41.8. The Morgan fingerprint density at radius 3 is 0.625 bits per heavy atom. The van der Waals surface area contributed by atoms with Gasteiger partial charge in [0.25, 0.3) is 0 Å². The van der Waals surface area contributed by atoms with Gasteiger partial charge in [-0.2, -0.15) is 6.92 Å². The molecule has 0 nitrogen and oxygen atoms in total. The van der Waals surface area contributed by atoms with Gasteiger partial charge < -0.3 is 14.4 Å². The summed E-state index contributed by atoms with van der Waals surface area (Å²) in [5.41, 5.74) is 0. The summed E-state index contributed by atoms with van der Waals surface area (Å²) in [6.45, 7) is 5.00. The van der Waals surface area contributed by atoms with E-state index in [4.69, 9.17) is 0 Å². The maximum absolute atomic E-state index is 3.25. The van der Waals surface area contributed by atoms with E-state index in [1.165, 1.54) is 0 Å². The van der Waals surface area contributed by atoms with Gasteiger partial charge in [-0.25, -0.2) is 0 Å². The van der Waals surface area contributed by atoms with Crippen molar-refractivity contribution < 1.29 is 164 Å². The van der Waals surface area contributed by atoms with Gasteiger partial charge in [0.05, 0.1) is 0 Å². The summed E-state index contributed by atoms with van der Waals surface area (Å²) < 4.78 is 0. The summed E-state index contributed by atoms with van der Waals surface area (Å²) >= 11 is 0. The van der Waals surface area contributed by atoms with Crippen LogP contribution >= 0.6 is 0 Å². The Balaban J connectivity index is -0.000000000333. The molecule has 0 atom stereocenters. The van der Waals surface area contributed by atoms with Gasteiger partial charge in [-0.15, -0.1) is 0 Å². The van der Waals surface area contributed by atoms with Crippen LogP contribution in [0.4, 0.5) is 0 Å². The molecule has 8 heavy (non-hydrogen) atoms. The van der Waals surface area contributed by atoms with Crippen molar-refractivity contribution in [1.29, 1.82) is 0 Å². The first-order valence-electron chi connectivity index (χ1n) is 0.707. The van der Waals surface area contributed by atoms with Crippen LogP contribution in [0.3, 0.4) is 0 Å². The molecular weight excluding hydrogens is 481 g/mol. The minimum absolute atomic E-state index is 0. The van der Waals surface area contributed by atoms with Crippen molar-refractivity contribution in [3.8, 4) is 0 Å². The van der Waals surface area contributed by atoms with Gasteiger partial charge in [-0.1, -0.05) is 0 Å². The van der Waals surface area contributed by atoms with E-state index in [9.17, 15) is 0 Å². The van der Waals surface area contributed by atoms with E-state index < -0.39 is 0 Å². The molecule has 0 amide bonds. The van der Waals surface area contributed by atoms with Crippen LogP contribution in [-0.2, 0) is 164 Å². The second-order valence-corrected chi connectivity index (χ2v) is 0. The van der Waals surface area contributed by atoms with E-state index in [0.29, 0.717) is 0 Å². The quantitative estimate of drug-likeness (QED) is 0.451. The molecule has 0 unspecified atom stereocenters. The van der Waals surface area contributed by atoms with Crippen LogP contribution < -0.4 is 0 Å². The molecule has 0 aromatic carbocycles. The summed E-state index contributed by atoms with van der Waals surface area (Å²) in [6, 6.07) is 0. The molecule has 0 aromatic rings. The topological polar surface area (TPSA) is 0 Å². The molecule has 5 radical (unpaired) electrons. The molecular formula is C3H8Y5-2. The van der Waals surface area contributed by atoms with Crippen molar-refractivity contribution in [3.63, 3.8) is 0 Å². The summed E-state index contributed by atoms with van der Waals surface area (Å²) in [5, 5.41) is 0. The minimum atomic E-state index is 0. The third-order valence-electron chi connectivity index (χ3n) is 0. The number of hydrogen-bond donors (Lipinski definition) is 0. The fourth-order valence-electron chi connectivity index (χ4n) is 0. The maximum Gasteiger partial charge on any atom is 0 e. The van der Waals surface area contributed by atoms with Crippen LogP contribution in [0.1, 0.15) is 6.92 Å². The normalized spacial score (nSPS) is 0.750. The first kappa shape index (κ1) is 49.9. The average Bonchev–Trinajstić information content (AvgIpc) is 1.00. The first-order chi connectivity index (χ1) is 1.00. The predicted octanol–water partition coefficient (Wildman–Crippen LogP) is 1.28. The molecule has 0 aromatic heterocycles. The molecule has 0 heterocycles. The molecule has 0 bridgehead atoms. The Hall–Kier alpha value is 5.52. The van der Waals surface area contributed by atoms with Gasteiger partial charge in [0.15, 0.2) is 0 Å². The summed E-state index contributed by atoms with van der Waals surface area (Å²) in [6.07, 6.45) is 0. The molecule has 0 saturated carbocycles. The van der Waals surface area contributed by atoms with Crippen LogP contribution in [-0.4, -0.2) is 0 Å². The Morgan fingerprint density at radius 1 is 0.625 bits per heavy atom. The van der Waals surface area contributed by atoms with Crippen molar-refractivity contribution in [2.75, 3.05) is 0 Å². The fraction of sp³-hybridized carbons (Fsp3) is 0.333.